The van der Waals surface area contributed by atoms with Gasteiger partial charge in [0.25, 0.3) is 10.9 Å². The predicted octanol–water partition coefficient (Wildman–Crippen LogP) is -0.942. The quantitative estimate of drug-likeness (QED) is 0.454. The van der Waals surface area contributed by atoms with E-state index in [1.54, 1.807) is 0 Å². The highest BCUT2D eigenvalue weighted by Gasteiger charge is 2.22. The van der Waals surface area contributed by atoms with Crippen molar-refractivity contribution in [2.45, 2.75) is 0 Å². The lowest BCUT2D eigenvalue weighted by Gasteiger charge is -2.17. The zero-order chi connectivity index (χ0) is 9.30. The SMILES string of the molecule is C#CCN(C)c1c(O)c(=O)c1=O. The van der Waals surface area contributed by atoms with Crippen molar-refractivity contribution in [3.63, 3.8) is 0 Å². The third-order valence-corrected chi connectivity index (χ3v) is 1.57. The third kappa shape index (κ3) is 0.957. The molecule has 1 rings (SSSR count). The lowest BCUT2D eigenvalue weighted by atomic mass is 10.2. The number of terminal acetylenes is 1. The summed E-state index contributed by atoms with van der Waals surface area (Å²) in [6, 6.07) is 0. The molecule has 0 radical (unpaired) electrons. The van der Waals surface area contributed by atoms with Crippen LogP contribution in [-0.2, 0) is 0 Å². The third-order valence-electron chi connectivity index (χ3n) is 1.57. The Labute approximate surface area is 68.7 Å². The fourth-order valence-electron chi connectivity index (χ4n) is 0.938. The van der Waals surface area contributed by atoms with Crippen LogP contribution in [0.1, 0.15) is 0 Å². The molecule has 0 aliphatic carbocycles. The summed E-state index contributed by atoms with van der Waals surface area (Å²) in [5.41, 5.74) is -1.50. The first-order valence-electron chi connectivity index (χ1n) is 3.26. The Morgan fingerprint density at radius 2 is 2.08 bits per heavy atom. The van der Waals surface area contributed by atoms with Gasteiger partial charge in [-0.15, -0.1) is 6.42 Å². The van der Waals surface area contributed by atoms with Crippen molar-refractivity contribution in [3.05, 3.63) is 20.4 Å². The maximum atomic E-state index is 10.8. The number of nitrogens with zero attached hydrogens (tertiary/aromatic N) is 1. The zero-order valence-electron chi connectivity index (χ0n) is 6.50. The van der Waals surface area contributed by atoms with Gasteiger partial charge in [-0.25, -0.2) is 0 Å². The standard InChI is InChI=1S/C8H7NO3/c1-3-4-9(2)5-6(10)8(12)7(5)11/h1,10H,4H2,2H3. The Morgan fingerprint density at radius 3 is 2.50 bits per heavy atom. The lowest BCUT2D eigenvalue weighted by Crippen LogP contribution is -2.38. The molecule has 0 bridgehead atoms. The summed E-state index contributed by atoms with van der Waals surface area (Å²) in [6.45, 7) is 0.193. The molecule has 0 unspecified atom stereocenters. The van der Waals surface area contributed by atoms with Crippen LogP contribution in [0.5, 0.6) is 5.75 Å². The van der Waals surface area contributed by atoms with Gasteiger partial charge in [0.15, 0.2) is 5.75 Å². The van der Waals surface area contributed by atoms with E-state index in [0.29, 0.717) is 0 Å². The van der Waals surface area contributed by atoms with E-state index >= 15 is 0 Å². The first kappa shape index (κ1) is 8.34. The fraction of sp³-hybridized carbons (Fsp3) is 0.250. The summed E-state index contributed by atoms with van der Waals surface area (Å²) in [5, 5.41) is 8.94. The number of anilines is 1. The second kappa shape index (κ2) is 2.70. The molecule has 12 heavy (non-hydrogen) atoms. The molecule has 0 aliphatic rings. The van der Waals surface area contributed by atoms with E-state index in [1.165, 1.54) is 11.9 Å². The van der Waals surface area contributed by atoms with Crippen LogP contribution in [-0.4, -0.2) is 18.7 Å². The topological polar surface area (TPSA) is 57.6 Å². The average molecular weight is 165 g/mol. The molecule has 0 heterocycles. The molecular formula is C8H7NO3. The van der Waals surface area contributed by atoms with E-state index in [4.69, 9.17) is 11.5 Å². The second-order valence-corrected chi connectivity index (χ2v) is 2.42. The maximum absolute atomic E-state index is 10.8. The molecule has 1 aromatic carbocycles. The smallest absolute Gasteiger partial charge is 0.271 e. The fourth-order valence-corrected chi connectivity index (χ4v) is 0.938. The minimum Gasteiger partial charge on any atom is -0.502 e. The van der Waals surface area contributed by atoms with Crippen LogP contribution in [0.4, 0.5) is 5.69 Å². The monoisotopic (exact) mass is 165 g/mol. The highest BCUT2D eigenvalue weighted by molar-refractivity contribution is 5.62. The van der Waals surface area contributed by atoms with E-state index in [9.17, 15) is 9.59 Å². The summed E-state index contributed by atoms with van der Waals surface area (Å²) in [5.74, 6) is 1.80. The van der Waals surface area contributed by atoms with Gasteiger partial charge in [-0.2, -0.15) is 0 Å². The van der Waals surface area contributed by atoms with E-state index in [1.807, 2.05) is 0 Å². The normalized spacial score (nSPS) is 9.67. The second-order valence-electron chi connectivity index (χ2n) is 2.42. The van der Waals surface area contributed by atoms with Gasteiger partial charge in [-0.05, 0) is 0 Å². The van der Waals surface area contributed by atoms with Crippen LogP contribution in [0.3, 0.4) is 0 Å². The van der Waals surface area contributed by atoms with Crippen molar-refractivity contribution in [1.29, 1.82) is 0 Å². The molecule has 0 fully saturated rings. The largest absolute Gasteiger partial charge is 0.502 e. The zero-order valence-corrected chi connectivity index (χ0v) is 6.50. The highest BCUT2D eigenvalue weighted by atomic mass is 16.3. The molecule has 0 aliphatic heterocycles. The van der Waals surface area contributed by atoms with E-state index < -0.39 is 16.6 Å². The van der Waals surface area contributed by atoms with Crippen molar-refractivity contribution in [2.75, 3.05) is 18.5 Å². The van der Waals surface area contributed by atoms with Gasteiger partial charge in [0.2, 0.25) is 0 Å². The minimum absolute atomic E-state index is 0.0120. The summed E-state index contributed by atoms with van der Waals surface area (Å²) in [7, 11) is 1.54. The average Bonchev–Trinajstić information content (AvgIpc) is 2.05. The van der Waals surface area contributed by atoms with Gasteiger partial charge < -0.3 is 10.0 Å². The lowest BCUT2D eigenvalue weighted by molar-refractivity contribution is 0.463. The first-order chi connectivity index (χ1) is 5.59. The number of hydrogen-bond acceptors (Lipinski definition) is 4. The van der Waals surface area contributed by atoms with Gasteiger partial charge in [0.05, 0.1) is 6.54 Å². The number of rotatable bonds is 2. The van der Waals surface area contributed by atoms with Gasteiger partial charge >= 0.3 is 0 Å². The van der Waals surface area contributed by atoms with Crippen molar-refractivity contribution < 1.29 is 5.11 Å². The molecule has 0 amide bonds. The molecular weight excluding hydrogens is 158 g/mol. The van der Waals surface area contributed by atoms with E-state index in [2.05, 4.69) is 5.92 Å². The molecule has 0 saturated carbocycles. The van der Waals surface area contributed by atoms with Crippen molar-refractivity contribution in [3.8, 4) is 18.1 Å². The van der Waals surface area contributed by atoms with Crippen LogP contribution < -0.4 is 15.8 Å². The van der Waals surface area contributed by atoms with Crippen LogP contribution >= 0.6 is 0 Å². The predicted molar refractivity (Wildman–Crippen MR) is 45.1 cm³/mol. The molecule has 1 aromatic rings. The van der Waals surface area contributed by atoms with Crippen molar-refractivity contribution in [1.82, 2.24) is 0 Å². The number of aromatic hydroxyl groups is 1. The first-order valence-corrected chi connectivity index (χ1v) is 3.26. The molecule has 0 saturated heterocycles. The Hall–Kier alpha value is -1.76. The molecule has 4 nitrogen and oxygen atoms in total. The van der Waals surface area contributed by atoms with Crippen LogP contribution in [0.15, 0.2) is 9.59 Å². The molecule has 4 heteroatoms. The molecule has 62 valence electrons. The van der Waals surface area contributed by atoms with Gasteiger partial charge in [-0.3, -0.25) is 9.59 Å². The van der Waals surface area contributed by atoms with Crippen LogP contribution in [0.2, 0.25) is 0 Å². The molecule has 1 N–H and O–H groups in total. The highest BCUT2D eigenvalue weighted by Crippen LogP contribution is 2.18. The van der Waals surface area contributed by atoms with E-state index in [0.717, 1.165) is 0 Å². The summed E-state index contributed by atoms with van der Waals surface area (Å²) >= 11 is 0. The Morgan fingerprint density at radius 1 is 1.50 bits per heavy atom. The van der Waals surface area contributed by atoms with E-state index in [-0.39, 0.29) is 12.2 Å². The Kier molecular flexibility index (Phi) is 1.88. The Balaban J connectivity index is 3.01. The Bertz CT molecular complexity index is 406. The van der Waals surface area contributed by atoms with Gasteiger partial charge in [-0.1, -0.05) is 5.92 Å². The van der Waals surface area contributed by atoms with Gasteiger partial charge in [0, 0.05) is 7.05 Å². The van der Waals surface area contributed by atoms with Gasteiger partial charge in [0.1, 0.15) is 5.69 Å². The summed E-state index contributed by atoms with van der Waals surface area (Å²) in [4.78, 5) is 22.7. The molecule has 0 spiro atoms. The van der Waals surface area contributed by atoms with Crippen LogP contribution in [0, 0.1) is 12.3 Å². The maximum Gasteiger partial charge on any atom is 0.271 e. The van der Waals surface area contributed by atoms with Crippen LogP contribution in [0.25, 0.3) is 0 Å². The molecule has 0 aromatic heterocycles. The summed E-state index contributed by atoms with van der Waals surface area (Å²) in [6.07, 6.45) is 4.98. The van der Waals surface area contributed by atoms with Crippen molar-refractivity contribution >= 4 is 5.69 Å². The molecule has 0 atom stereocenters. The number of hydrogen-bond donors (Lipinski definition) is 1. The minimum atomic E-state index is -0.839. The van der Waals surface area contributed by atoms with Crippen molar-refractivity contribution in [2.24, 2.45) is 0 Å². The summed E-state index contributed by atoms with van der Waals surface area (Å²) < 4.78 is 0.